The predicted molar refractivity (Wildman–Crippen MR) is 75.5 cm³/mol. The molecule has 1 aromatic heterocycles. The zero-order chi connectivity index (χ0) is 15.7. The van der Waals surface area contributed by atoms with E-state index < -0.39 is 25.8 Å². The molecule has 20 heavy (non-hydrogen) atoms. The second-order valence-electron chi connectivity index (χ2n) is 4.34. The molecule has 1 heterocycles. The molecule has 114 valence electrons. The van der Waals surface area contributed by atoms with Gasteiger partial charge in [0.1, 0.15) is 18.9 Å². The standard InChI is InChI=1S/C10H15NO6S3/c1-7-6-8(18-9(7)10(12)13)20(16,17)11(2)4-5-19(3,14)15/h6H,4-5H2,1-3H3,(H,12,13). The lowest BCUT2D eigenvalue weighted by molar-refractivity contribution is 0.0701. The van der Waals surface area contributed by atoms with E-state index in [0.717, 1.165) is 10.6 Å². The van der Waals surface area contributed by atoms with Crippen molar-refractivity contribution in [3.05, 3.63) is 16.5 Å². The fourth-order valence-corrected chi connectivity index (χ4v) is 4.84. The van der Waals surface area contributed by atoms with Crippen molar-refractivity contribution in [2.45, 2.75) is 11.1 Å². The summed E-state index contributed by atoms with van der Waals surface area (Å²) in [6.07, 6.45) is 1.02. The summed E-state index contributed by atoms with van der Waals surface area (Å²) < 4.78 is 47.3. The summed E-state index contributed by atoms with van der Waals surface area (Å²) in [4.78, 5) is 10.9. The van der Waals surface area contributed by atoms with Crippen LogP contribution in [-0.4, -0.2) is 57.8 Å². The lowest BCUT2D eigenvalue weighted by atomic mass is 10.3. The summed E-state index contributed by atoms with van der Waals surface area (Å²) in [5.74, 6) is -1.48. The number of sulfonamides is 1. The molecule has 0 amide bonds. The van der Waals surface area contributed by atoms with Gasteiger partial charge in [0, 0.05) is 19.8 Å². The van der Waals surface area contributed by atoms with Crippen LogP contribution in [0.4, 0.5) is 0 Å². The maximum atomic E-state index is 12.2. The Morgan fingerprint density at radius 1 is 1.35 bits per heavy atom. The number of aryl methyl sites for hydroxylation is 1. The molecule has 0 atom stereocenters. The van der Waals surface area contributed by atoms with Crippen molar-refractivity contribution >= 4 is 37.2 Å². The first-order valence-electron chi connectivity index (χ1n) is 5.43. The molecule has 0 aliphatic carbocycles. The Kier molecular flexibility index (Phi) is 4.95. The van der Waals surface area contributed by atoms with Crippen molar-refractivity contribution in [1.82, 2.24) is 4.31 Å². The molecule has 0 saturated heterocycles. The molecule has 7 nitrogen and oxygen atoms in total. The molecule has 0 spiro atoms. The van der Waals surface area contributed by atoms with Gasteiger partial charge in [-0.25, -0.2) is 21.6 Å². The molecule has 1 rings (SSSR count). The van der Waals surface area contributed by atoms with Gasteiger partial charge in [-0.05, 0) is 18.6 Å². The number of carboxylic acid groups (broad SMARTS) is 1. The summed E-state index contributed by atoms with van der Waals surface area (Å²) in [5.41, 5.74) is 0.359. The van der Waals surface area contributed by atoms with E-state index in [1.807, 2.05) is 0 Å². The maximum absolute atomic E-state index is 12.2. The van der Waals surface area contributed by atoms with Gasteiger partial charge < -0.3 is 5.11 Å². The summed E-state index contributed by atoms with van der Waals surface area (Å²) in [6.45, 7) is 1.33. The van der Waals surface area contributed by atoms with Crippen LogP contribution < -0.4 is 0 Å². The van der Waals surface area contributed by atoms with Crippen LogP contribution in [0.5, 0.6) is 0 Å². The third-order valence-electron chi connectivity index (χ3n) is 2.53. The molecular formula is C10H15NO6S3. The Morgan fingerprint density at radius 3 is 2.30 bits per heavy atom. The molecule has 0 radical (unpaired) electrons. The first-order valence-corrected chi connectivity index (χ1v) is 9.74. The smallest absolute Gasteiger partial charge is 0.346 e. The third-order valence-corrected chi connectivity index (χ3v) is 6.99. The Morgan fingerprint density at radius 2 is 1.90 bits per heavy atom. The Bertz CT molecular complexity index is 716. The van der Waals surface area contributed by atoms with Crippen molar-refractivity contribution in [3.8, 4) is 0 Å². The average molecular weight is 341 g/mol. The molecule has 0 bridgehead atoms. The number of sulfone groups is 1. The second kappa shape index (κ2) is 5.80. The number of rotatable bonds is 6. The largest absolute Gasteiger partial charge is 0.477 e. The molecule has 1 aromatic rings. The molecule has 10 heteroatoms. The van der Waals surface area contributed by atoms with Gasteiger partial charge in [-0.3, -0.25) is 0 Å². The molecule has 0 aliphatic heterocycles. The number of hydrogen-bond acceptors (Lipinski definition) is 6. The van der Waals surface area contributed by atoms with Gasteiger partial charge in [-0.2, -0.15) is 4.31 Å². The van der Waals surface area contributed by atoms with Crippen LogP contribution in [0.15, 0.2) is 10.3 Å². The zero-order valence-electron chi connectivity index (χ0n) is 11.2. The molecule has 0 unspecified atom stereocenters. The summed E-state index contributed by atoms with van der Waals surface area (Å²) in [7, 11) is -5.89. The fourth-order valence-electron chi connectivity index (χ4n) is 1.36. The molecule has 0 fully saturated rings. The maximum Gasteiger partial charge on any atom is 0.346 e. The number of hydrogen-bond donors (Lipinski definition) is 1. The lowest BCUT2D eigenvalue weighted by Gasteiger charge is -2.15. The fraction of sp³-hybridized carbons (Fsp3) is 0.500. The van der Waals surface area contributed by atoms with Crippen molar-refractivity contribution in [1.29, 1.82) is 0 Å². The van der Waals surface area contributed by atoms with E-state index in [-0.39, 0.29) is 21.4 Å². The van der Waals surface area contributed by atoms with Gasteiger partial charge in [-0.1, -0.05) is 0 Å². The van der Waals surface area contributed by atoms with E-state index in [0.29, 0.717) is 16.9 Å². The molecule has 0 aliphatic rings. The highest BCUT2D eigenvalue weighted by Crippen LogP contribution is 2.27. The van der Waals surface area contributed by atoms with Gasteiger partial charge in [0.25, 0.3) is 10.0 Å². The number of aromatic carboxylic acids is 1. The average Bonchev–Trinajstić information content (AvgIpc) is 2.67. The zero-order valence-corrected chi connectivity index (χ0v) is 13.6. The van der Waals surface area contributed by atoms with Crippen LogP contribution in [0.2, 0.25) is 0 Å². The van der Waals surface area contributed by atoms with E-state index in [2.05, 4.69) is 0 Å². The number of carboxylic acids is 1. The van der Waals surface area contributed by atoms with Crippen LogP contribution in [0.25, 0.3) is 0 Å². The van der Waals surface area contributed by atoms with E-state index in [1.165, 1.54) is 20.0 Å². The topological polar surface area (TPSA) is 109 Å². The highest BCUT2D eigenvalue weighted by atomic mass is 32.2. The van der Waals surface area contributed by atoms with E-state index in [1.54, 1.807) is 0 Å². The highest BCUT2D eigenvalue weighted by molar-refractivity contribution is 7.91. The van der Waals surface area contributed by atoms with E-state index in [4.69, 9.17) is 5.11 Å². The van der Waals surface area contributed by atoms with Crippen LogP contribution in [-0.2, 0) is 19.9 Å². The van der Waals surface area contributed by atoms with Crippen molar-refractivity contribution in [2.24, 2.45) is 0 Å². The Hall–Kier alpha value is -0.970. The minimum Gasteiger partial charge on any atom is -0.477 e. The van der Waals surface area contributed by atoms with Crippen molar-refractivity contribution < 1.29 is 26.7 Å². The predicted octanol–water partition coefficient (Wildman–Crippen LogP) is 0.420. The van der Waals surface area contributed by atoms with Gasteiger partial charge in [0.15, 0.2) is 0 Å². The minimum absolute atomic E-state index is 0.0416. The van der Waals surface area contributed by atoms with Crippen LogP contribution in [0.1, 0.15) is 15.2 Å². The van der Waals surface area contributed by atoms with E-state index >= 15 is 0 Å². The quantitative estimate of drug-likeness (QED) is 0.803. The first-order chi connectivity index (χ1) is 8.95. The Labute approximate surface area is 121 Å². The SMILES string of the molecule is Cc1cc(S(=O)(=O)N(C)CCS(C)(=O)=O)sc1C(=O)O. The molecular weight excluding hydrogens is 326 g/mol. The van der Waals surface area contributed by atoms with Crippen molar-refractivity contribution in [2.75, 3.05) is 25.6 Å². The van der Waals surface area contributed by atoms with Gasteiger partial charge in [-0.15, -0.1) is 11.3 Å². The van der Waals surface area contributed by atoms with E-state index in [9.17, 15) is 21.6 Å². The van der Waals surface area contributed by atoms with Crippen LogP contribution >= 0.6 is 11.3 Å². The third kappa shape index (κ3) is 4.01. The van der Waals surface area contributed by atoms with Gasteiger partial charge in [0.2, 0.25) is 0 Å². The van der Waals surface area contributed by atoms with Crippen molar-refractivity contribution in [3.63, 3.8) is 0 Å². The molecule has 0 saturated carbocycles. The summed E-state index contributed by atoms with van der Waals surface area (Å²) >= 11 is 0.658. The van der Waals surface area contributed by atoms with Crippen LogP contribution in [0, 0.1) is 6.92 Å². The summed E-state index contributed by atoms with van der Waals surface area (Å²) in [6, 6.07) is 1.28. The highest BCUT2D eigenvalue weighted by Gasteiger charge is 2.26. The molecule has 0 aromatic carbocycles. The van der Waals surface area contributed by atoms with Gasteiger partial charge in [0.05, 0.1) is 5.75 Å². The Balaban J connectivity index is 3.05. The lowest BCUT2D eigenvalue weighted by Crippen LogP contribution is -2.31. The van der Waals surface area contributed by atoms with Gasteiger partial charge >= 0.3 is 5.97 Å². The number of nitrogens with zero attached hydrogens (tertiary/aromatic N) is 1. The summed E-state index contributed by atoms with van der Waals surface area (Å²) in [5, 5.41) is 8.92. The number of thiophene rings is 1. The van der Waals surface area contributed by atoms with Crippen LogP contribution in [0.3, 0.4) is 0 Å². The monoisotopic (exact) mass is 341 g/mol. The number of carbonyl (C=O) groups is 1. The minimum atomic E-state index is -3.87. The first kappa shape index (κ1) is 17.1. The normalized spacial score (nSPS) is 12.8. The molecule has 1 N–H and O–H groups in total. The second-order valence-corrected chi connectivity index (χ2v) is 9.92.